The number of likely N-dealkylation sites (tertiary alicyclic amines) is 1. The van der Waals surface area contributed by atoms with Crippen LogP contribution in [-0.2, 0) is 0 Å². The molecule has 0 aromatic rings. The Morgan fingerprint density at radius 3 is 2.29 bits per heavy atom. The molecule has 0 bridgehead atoms. The van der Waals surface area contributed by atoms with Crippen LogP contribution in [0.25, 0.3) is 0 Å². The van der Waals surface area contributed by atoms with Gasteiger partial charge in [-0.05, 0) is 31.3 Å². The lowest BCUT2D eigenvalue weighted by Gasteiger charge is -2.37. The monoisotopic (exact) mass is 198 g/mol. The van der Waals surface area contributed by atoms with Crippen molar-refractivity contribution in [3.8, 4) is 0 Å². The molecule has 0 saturated carbocycles. The fourth-order valence-corrected chi connectivity index (χ4v) is 1.89. The van der Waals surface area contributed by atoms with Gasteiger partial charge in [-0.25, -0.2) is 0 Å². The standard InChI is InChI=1S/C12H26N2/c1-11(2)13-7-10-14-8-5-12(3,4)6-9-14/h11,13H,5-10H2,1-4H3. The van der Waals surface area contributed by atoms with Crippen molar-refractivity contribution in [1.82, 2.24) is 10.2 Å². The van der Waals surface area contributed by atoms with Crippen molar-refractivity contribution in [2.24, 2.45) is 5.41 Å². The Balaban J connectivity index is 2.10. The summed E-state index contributed by atoms with van der Waals surface area (Å²) in [6.45, 7) is 14.1. The molecule has 0 unspecified atom stereocenters. The van der Waals surface area contributed by atoms with Gasteiger partial charge in [0.1, 0.15) is 0 Å². The normalized spacial score (nSPS) is 22.9. The smallest absolute Gasteiger partial charge is 0.0107 e. The molecular weight excluding hydrogens is 172 g/mol. The van der Waals surface area contributed by atoms with Crippen LogP contribution in [0, 0.1) is 5.41 Å². The zero-order chi connectivity index (χ0) is 10.6. The predicted molar refractivity (Wildman–Crippen MR) is 62.6 cm³/mol. The fraction of sp³-hybridized carbons (Fsp3) is 1.00. The number of piperidine rings is 1. The highest BCUT2D eigenvalue weighted by Gasteiger charge is 2.24. The lowest BCUT2D eigenvalue weighted by molar-refractivity contribution is 0.133. The van der Waals surface area contributed by atoms with Gasteiger partial charge in [-0.1, -0.05) is 27.7 Å². The maximum Gasteiger partial charge on any atom is 0.0107 e. The molecule has 1 saturated heterocycles. The summed E-state index contributed by atoms with van der Waals surface area (Å²) < 4.78 is 0. The van der Waals surface area contributed by atoms with E-state index in [9.17, 15) is 0 Å². The lowest BCUT2D eigenvalue weighted by atomic mass is 9.83. The van der Waals surface area contributed by atoms with E-state index in [1.54, 1.807) is 0 Å². The molecule has 0 aromatic heterocycles. The van der Waals surface area contributed by atoms with Gasteiger partial charge in [0.25, 0.3) is 0 Å². The zero-order valence-corrected chi connectivity index (χ0v) is 10.3. The fourth-order valence-electron chi connectivity index (χ4n) is 1.89. The Bertz CT molecular complexity index is 154. The third-order valence-corrected chi connectivity index (χ3v) is 3.19. The van der Waals surface area contributed by atoms with Crippen molar-refractivity contribution >= 4 is 0 Å². The predicted octanol–water partition coefficient (Wildman–Crippen LogP) is 2.11. The average molecular weight is 198 g/mol. The SMILES string of the molecule is CC(C)NCCN1CCC(C)(C)CC1. The highest BCUT2D eigenvalue weighted by atomic mass is 15.1. The van der Waals surface area contributed by atoms with Crippen LogP contribution in [0.2, 0.25) is 0 Å². The van der Waals surface area contributed by atoms with E-state index in [2.05, 4.69) is 37.9 Å². The van der Waals surface area contributed by atoms with Crippen molar-refractivity contribution < 1.29 is 0 Å². The van der Waals surface area contributed by atoms with Gasteiger partial charge in [0.05, 0.1) is 0 Å². The summed E-state index contributed by atoms with van der Waals surface area (Å²) in [5.74, 6) is 0. The first kappa shape index (κ1) is 12.0. The van der Waals surface area contributed by atoms with Gasteiger partial charge in [-0.3, -0.25) is 0 Å². The number of nitrogens with one attached hydrogen (secondary N) is 1. The summed E-state index contributed by atoms with van der Waals surface area (Å²) in [6, 6.07) is 0.622. The van der Waals surface area contributed by atoms with Crippen LogP contribution in [0.3, 0.4) is 0 Å². The van der Waals surface area contributed by atoms with E-state index in [0.717, 1.165) is 6.54 Å². The number of rotatable bonds is 4. The van der Waals surface area contributed by atoms with E-state index >= 15 is 0 Å². The molecule has 1 aliphatic heterocycles. The van der Waals surface area contributed by atoms with Crippen LogP contribution >= 0.6 is 0 Å². The molecule has 0 spiro atoms. The zero-order valence-electron chi connectivity index (χ0n) is 10.3. The third-order valence-electron chi connectivity index (χ3n) is 3.19. The van der Waals surface area contributed by atoms with Gasteiger partial charge in [-0.15, -0.1) is 0 Å². The molecule has 84 valence electrons. The summed E-state index contributed by atoms with van der Waals surface area (Å²) in [5, 5.41) is 3.47. The molecule has 14 heavy (non-hydrogen) atoms. The van der Waals surface area contributed by atoms with Crippen molar-refractivity contribution in [2.45, 2.75) is 46.6 Å². The topological polar surface area (TPSA) is 15.3 Å². The lowest BCUT2D eigenvalue weighted by Crippen LogP contribution is -2.41. The maximum atomic E-state index is 3.47. The van der Waals surface area contributed by atoms with E-state index in [4.69, 9.17) is 0 Å². The summed E-state index contributed by atoms with van der Waals surface area (Å²) in [5.41, 5.74) is 0.585. The molecule has 1 rings (SSSR count). The van der Waals surface area contributed by atoms with E-state index in [-0.39, 0.29) is 0 Å². The summed E-state index contributed by atoms with van der Waals surface area (Å²) in [4.78, 5) is 2.58. The summed E-state index contributed by atoms with van der Waals surface area (Å²) in [7, 11) is 0. The van der Waals surface area contributed by atoms with Crippen LogP contribution in [0.1, 0.15) is 40.5 Å². The van der Waals surface area contributed by atoms with Gasteiger partial charge in [0.15, 0.2) is 0 Å². The second-order valence-electron chi connectivity index (χ2n) is 5.61. The molecule has 0 aliphatic carbocycles. The molecule has 0 radical (unpaired) electrons. The highest BCUT2D eigenvalue weighted by molar-refractivity contribution is 4.78. The summed E-state index contributed by atoms with van der Waals surface area (Å²) in [6.07, 6.45) is 2.71. The molecule has 0 aromatic carbocycles. The second-order valence-corrected chi connectivity index (χ2v) is 5.61. The van der Waals surface area contributed by atoms with E-state index < -0.39 is 0 Å². The molecule has 1 N–H and O–H groups in total. The van der Waals surface area contributed by atoms with Gasteiger partial charge < -0.3 is 10.2 Å². The first-order valence-electron chi connectivity index (χ1n) is 5.95. The number of hydrogen-bond donors (Lipinski definition) is 1. The van der Waals surface area contributed by atoms with Crippen LogP contribution in [-0.4, -0.2) is 37.1 Å². The van der Waals surface area contributed by atoms with Crippen LogP contribution < -0.4 is 5.32 Å². The van der Waals surface area contributed by atoms with Crippen LogP contribution in [0.4, 0.5) is 0 Å². The first-order chi connectivity index (χ1) is 6.49. The Kier molecular flexibility index (Phi) is 4.39. The van der Waals surface area contributed by atoms with E-state index in [1.165, 1.54) is 32.5 Å². The Morgan fingerprint density at radius 1 is 1.21 bits per heavy atom. The average Bonchev–Trinajstić information content (AvgIpc) is 2.07. The van der Waals surface area contributed by atoms with Crippen molar-refractivity contribution in [1.29, 1.82) is 0 Å². The minimum absolute atomic E-state index is 0.585. The molecule has 2 heteroatoms. The maximum absolute atomic E-state index is 3.47. The molecule has 1 heterocycles. The molecular formula is C12H26N2. The minimum atomic E-state index is 0.585. The molecule has 0 atom stereocenters. The molecule has 0 amide bonds. The van der Waals surface area contributed by atoms with Crippen molar-refractivity contribution in [2.75, 3.05) is 26.2 Å². The second kappa shape index (κ2) is 5.13. The molecule has 1 aliphatic rings. The van der Waals surface area contributed by atoms with E-state index in [0.29, 0.717) is 11.5 Å². The van der Waals surface area contributed by atoms with Crippen molar-refractivity contribution in [3.63, 3.8) is 0 Å². The van der Waals surface area contributed by atoms with E-state index in [1.807, 2.05) is 0 Å². The third kappa shape index (κ3) is 4.43. The van der Waals surface area contributed by atoms with Gasteiger partial charge in [0.2, 0.25) is 0 Å². The van der Waals surface area contributed by atoms with Gasteiger partial charge in [0, 0.05) is 19.1 Å². The number of nitrogens with zero attached hydrogens (tertiary/aromatic N) is 1. The quantitative estimate of drug-likeness (QED) is 0.744. The summed E-state index contributed by atoms with van der Waals surface area (Å²) >= 11 is 0. The van der Waals surface area contributed by atoms with Crippen LogP contribution in [0.5, 0.6) is 0 Å². The van der Waals surface area contributed by atoms with Crippen molar-refractivity contribution in [3.05, 3.63) is 0 Å². The Hall–Kier alpha value is -0.0800. The van der Waals surface area contributed by atoms with Gasteiger partial charge >= 0.3 is 0 Å². The van der Waals surface area contributed by atoms with Gasteiger partial charge in [-0.2, -0.15) is 0 Å². The molecule has 2 nitrogen and oxygen atoms in total. The highest BCUT2D eigenvalue weighted by Crippen LogP contribution is 2.29. The Labute approximate surface area is 89.1 Å². The van der Waals surface area contributed by atoms with Crippen LogP contribution in [0.15, 0.2) is 0 Å². The Morgan fingerprint density at radius 2 is 1.79 bits per heavy atom. The minimum Gasteiger partial charge on any atom is -0.313 e. The largest absolute Gasteiger partial charge is 0.313 e. The first-order valence-corrected chi connectivity index (χ1v) is 5.95. The molecule has 1 fully saturated rings. The number of hydrogen-bond acceptors (Lipinski definition) is 2.